The van der Waals surface area contributed by atoms with Crippen molar-refractivity contribution in [2.45, 2.75) is 75.3 Å². The lowest BCUT2D eigenvalue weighted by molar-refractivity contribution is -0.314. The topological polar surface area (TPSA) is 146 Å². The molecule has 188 valence electrons. The van der Waals surface area contributed by atoms with E-state index in [2.05, 4.69) is 4.72 Å². The lowest BCUT2D eigenvalue weighted by atomic mass is 9.88. The Morgan fingerprint density at radius 3 is 2.35 bits per heavy atom. The van der Waals surface area contributed by atoms with Crippen LogP contribution in [0.25, 0.3) is 11.1 Å². The summed E-state index contributed by atoms with van der Waals surface area (Å²) < 4.78 is 39.4. The molecule has 0 aromatic heterocycles. The predicted molar refractivity (Wildman–Crippen MR) is 126 cm³/mol. The number of sulfonamides is 1. The van der Waals surface area contributed by atoms with Gasteiger partial charge in [0, 0.05) is 5.54 Å². The highest BCUT2D eigenvalue weighted by molar-refractivity contribution is 7.89. The first-order valence-corrected chi connectivity index (χ1v) is 12.4. The van der Waals surface area contributed by atoms with Gasteiger partial charge < -0.3 is 29.9 Å². The zero-order valence-electron chi connectivity index (χ0n) is 19.9. The maximum Gasteiger partial charge on any atom is 0.241 e. The average molecular weight is 496 g/mol. The van der Waals surface area contributed by atoms with E-state index in [1.54, 1.807) is 64.1 Å². The van der Waals surface area contributed by atoms with Gasteiger partial charge in [0.1, 0.15) is 24.1 Å². The van der Waals surface area contributed by atoms with E-state index in [-0.39, 0.29) is 4.90 Å². The number of benzene rings is 2. The molecule has 2 unspecified atom stereocenters. The van der Waals surface area contributed by atoms with Crippen LogP contribution in [0.1, 0.15) is 33.3 Å². The monoisotopic (exact) mass is 495 g/mol. The zero-order valence-corrected chi connectivity index (χ0v) is 20.7. The third-order valence-corrected chi connectivity index (χ3v) is 7.34. The molecule has 2 aromatic carbocycles. The smallest absolute Gasteiger partial charge is 0.241 e. The summed E-state index contributed by atoms with van der Waals surface area (Å²) in [6.45, 7) is 7.80. The minimum absolute atomic E-state index is 0.146. The number of aliphatic hydroxyl groups excluding tert-OH is 3. The summed E-state index contributed by atoms with van der Waals surface area (Å²) in [5, 5.41) is 40.3. The van der Waals surface area contributed by atoms with Crippen LogP contribution in [-0.4, -0.2) is 71.2 Å². The first-order chi connectivity index (χ1) is 15.7. The van der Waals surface area contributed by atoms with Gasteiger partial charge >= 0.3 is 0 Å². The van der Waals surface area contributed by atoms with Gasteiger partial charge in [-0.25, -0.2) is 13.1 Å². The van der Waals surface area contributed by atoms with Gasteiger partial charge in [0.15, 0.2) is 5.60 Å². The van der Waals surface area contributed by atoms with Gasteiger partial charge in [0.25, 0.3) is 0 Å². The summed E-state index contributed by atoms with van der Waals surface area (Å²) in [5.74, 6) is 0.354. The molecule has 1 aliphatic heterocycles. The van der Waals surface area contributed by atoms with Crippen molar-refractivity contribution in [1.29, 1.82) is 0 Å². The van der Waals surface area contributed by atoms with Crippen molar-refractivity contribution in [2.24, 2.45) is 0 Å². The van der Waals surface area contributed by atoms with E-state index in [1.165, 1.54) is 13.0 Å². The van der Waals surface area contributed by atoms with Gasteiger partial charge in [-0.05, 0) is 75.6 Å². The number of rotatable bonds is 6. The summed E-state index contributed by atoms with van der Waals surface area (Å²) >= 11 is 0. The van der Waals surface area contributed by atoms with Crippen LogP contribution in [0.5, 0.6) is 5.75 Å². The Bertz CT molecular complexity index is 1130. The second-order valence-corrected chi connectivity index (χ2v) is 11.5. The van der Waals surface area contributed by atoms with Crippen LogP contribution >= 0.6 is 0 Å². The molecule has 34 heavy (non-hydrogen) atoms. The van der Waals surface area contributed by atoms with E-state index >= 15 is 0 Å². The maximum absolute atomic E-state index is 12.7. The van der Waals surface area contributed by atoms with E-state index in [0.29, 0.717) is 16.9 Å². The molecule has 0 spiro atoms. The molecule has 3 rings (SSSR count). The molecule has 1 aliphatic rings. The maximum atomic E-state index is 12.7. The highest BCUT2D eigenvalue weighted by Crippen LogP contribution is 2.34. The summed E-state index contributed by atoms with van der Waals surface area (Å²) in [5.41, 5.74) is -0.451. The Kier molecular flexibility index (Phi) is 7.45. The standard InChI is InChI=1S/C24H33NO8S/c1-14-11-16(15-7-6-8-17(12-15)34(30,31)25-23(2,3)4)9-10-18(14)32-22-24(5,29)21(28)20(27)19(13-26)33-22/h6-12,19-22,25-29H,13H2,1-5H3/t19?,20-,21?,22+,24+/m1/s1. The van der Waals surface area contributed by atoms with Gasteiger partial charge in [-0.2, -0.15) is 0 Å². The molecule has 0 aliphatic carbocycles. The fourth-order valence-corrected chi connectivity index (χ4v) is 5.21. The van der Waals surface area contributed by atoms with Crippen molar-refractivity contribution >= 4 is 10.0 Å². The van der Waals surface area contributed by atoms with Gasteiger partial charge in [-0.1, -0.05) is 18.2 Å². The highest BCUT2D eigenvalue weighted by Gasteiger charge is 2.53. The Morgan fingerprint density at radius 2 is 1.76 bits per heavy atom. The van der Waals surface area contributed by atoms with E-state index < -0.39 is 52.4 Å². The minimum Gasteiger partial charge on any atom is -0.461 e. The van der Waals surface area contributed by atoms with Crippen molar-refractivity contribution in [3.8, 4) is 16.9 Å². The fraction of sp³-hybridized carbons (Fsp3) is 0.500. The summed E-state index contributed by atoms with van der Waals surface area (Å²) in [6.07, 6.45) is -5.52. The van der Waals surface area contributed by atoms with Gasteiger partial charge in [-0.3, -0.25) is 0 Å². The molecular formula is C24H33NO8S. The number of nitrogens with one attached hydrogen (secondary N) is 1. The molecule has 0 bridgehead atoms. The molecule has 10 heteroatoms. The van der Waals surface area contributed by atoms with Crippen molar-refractivity contribution in [3.05, 3.63) is 48.0 Å². The largest absolute Gasteiger partial charge is 0.461 e. The molecule has 9 nitrogen and oxygen atoms in total. The number of hydrogen-bond acceptors (Lipinski definition) is 8. The summed E-state index contributed by atoms with van der Waals surface area (Å²) in [4.78, 5) is 0.146. The van der Waals surface area contributed by atoms with Crippen molar-refractivity contribution in [3.63, 3.8) is 0 Å². The van der Waals surface area contributed by atoms with E-state index in [1.807, 2.05) is 0 Å². The zero-order chi connectivity index (χ0) is 25.5. The molecule has 1 heterocycles. The first-order valence-electron chi connectivity index (χ1n) is 10.9. The Balaban J connectivity index is 1.86. The number of ether oxygens (including phenoxy) is 2. The normalized spacial score (nSPS) is 28.0. The minimum atomic E-state index is -3.70. The van der Waals surface area contributed by atoms with Crippen LogP contribution in [0.4, 0.5) is 0 Å². The van der Waals surface area contributed by atoms with Crippen LogP contribution in [0.15, 0.2) is 47.4 Å². The van der Waals surface area contributed by atoms with Crippen LogP contribution in [0.3, 0.4) is 0 Å². The van der Waals surface area contributed by atoms with Gasteiger partial charge in [0.05, 0.1) is 11.5 Å². The highest BCUT2D eigenvalue weighted by atomic mass is 32.2. The second-order valence-electron chi connectivity index (χ2n) is 9.83. The Labute approximate surface area is 200 Å². The van der Waals surface area contributed by atoms with Crippen LogP contribution in [0.2, 0.25) is 0 Å². The number of aliphatic hydroxyl groups is 4. The van der Waals surface area contributed by atoms with Gasteiger partial charge in [-0.15, -0.1) is 0 Å². The van der Waals surface area contributed by atoms with Crippen LogP contribution < -0.4 is 9.46 Å². The molecule has 0 radical (unpaired) electrons. The van der Waals surface area contributed by atoms with Crippen LogP contribution in [-0.2, 0) is 14.8 Å². The first kappa shape index (κ1) is 26.6. The summed E-state index contributed by atoms with van der Waals surface area (Å²) in [6, 6.07) is 11.8. The molecule has 1 saturated heterocycles. The molecule has 0 amide bonds. The fourth-order valence-electron chi connectivity index (χ4n) is 3.74. The van der Waals surface area contributed by atoms with Crippen molar-refractivity contribution < 1.29 is 38.3 Å². The lowest BCUT2D eigenvalue weighted by Crippen LogP contribution is -2.66. The molecule has 5 N–H and O–H groups in total. The van der Waals surface area contributed by atoms with Crippen LogP contribution in [0, 0.1) is 6.92 Å². The number of aryl methyl sites for hydroxylation is 1. The third kappa shape index (κ3) is 5.60. The SMILES string of the molecule is Cc1cc(-c2cccc(S(=O)(=O)NC(C)(C)C)c2)ccc1O[C@H]1OC(CO)[C@@H](O)C(O)[C@]1(C)O. The molecule has 5 atom stereocenters. The molecule has 2 aromatic rings. The van der Waals surface area contributed by atoms with Crippen molar-refractivity contribution in [1.82, 2.24) is 4.72 Å². The van der Waals surface area contributed by atoms with E-state index in [4.69, 9.17) is 9.47 Å². The Morgan fingerprint density at radius 1 is 1.12 bits per heavy atom. The quantitative estimate of drug-likeness (QED) is 0.403. The Hall–Kier alpha value is -2.05. The number of hydrogen-bond donors (Lipinski definition) is 5. The van der Waals surface area contributed by atoms with E-state index in [0.717, 1.165) is 5.56 Å². The lowest BCUT2D eigenvalue weighted by Gasteiger charge is -2.45. The molecule has 1 fully saturated rings. The molecular weight excluding hydrogens is 462 g/mol. The molecule has 0 saturated carbocycles. The van der Waals surface area contributed by atoms with Gasteiger partial charge in [0.2, 0.25) is 16.3 Å². The predicted octanol–water partition coefficient (Wildman–Crippen LogP) is 1.31. The summed E-state index contributed by atoms with van der Waals surface area (Å²) in [7, 11) is -3.70. The average Bonchev–Trinajstić information content (AvgIpc) is 2.74. The second kappa shape index (κ2) is 9.54. The third-order valence-electron chi connectivity index (χ3n) is 5.59. The van der Waals surface area contributed by atoms with E-state index in [9.17, 15) is 28.8 Å². The van der Waals surface area contributed by atoms with Crippen molar-refractivity contribution in [2.75, 3.05) is 6.61 Å².